The lowest BCUT2D eigenvalue weighted by atomic mass is 10.1. The number of nitrogens with one attached hydrogen (secondary N) is 2. The number of halogens is 1. The van der Waals surface area contributed by atoms with Gasteiger partial charge in [-0.05, 0) is 42.7 Å². The monoisotopic (exact) mass is 332 g/mol. The molecule has 0 unspecified atom stereocenters. The maximum absolute atomic E-state index is 11.7. The van der Waals surface area contributed by atoms with Crippen molar-refractivity contribution >= 4 is 17.6 Å². The van der Waals surface area contributed by atoms with Gasteiger partial charge in [-0.3, -0.25) is 0 Å². The van der Waals surface area contributed by atoms with E-state index in [-0.39, 0.29) is 6.03 Å². The second-order valence-corrected chi connectivity index (χ2v) is 5.61. The minimum Gasteiger partial charge on any atom is -0.491 e. The van der Waals surface area contributed by atoms with Crippen LogP contribution in [0.15, 0.2) is 48.5 Å². The molecule has 0 saturated carbocycles. The van der Waals surface area contributed by atoms with Crippen LogP contribution < -0.4 is 15.4 Å². The van der Waals surface area contributed by atoms with Gasteiger partial charge in [0.25, 0.3) is 0 Å². The molecular formula is C18H21ClN2O2. The van der Waals surface area contributed by atoms with Crippen LogP contribution in [0.5, 0.6) is 5.75 Å². The molecule has 0 aliphatic rings. The standard InChI is InChI=1S/C18H21ClN2O2/c1-14-4-2-3-5-17(14)23-13-12-21-18(22)20-11-10-15-6-8-16(19)9-7-15/h2-9H,10-13H2,1H3,(H2,20,21,22). The van der Waals surface area contributed by atoms with Gasteiger partial charge in [-0.15, -0.1) is 0 Å². The Morgan fingerprint density at radius 3 is 2.48 bits per heavy atom. The van der Waals surface area contributed by atoms with E-state index in [1.165, 1.54) is 0 Å². The van der Waals surface area contributed by atoms with Gasteiger partial charge in [-0.25, -0.2) is 4.79 Å². The second kappa shape index (κ2) is 9.06. The van der Waals surface area contributed by atoms with E-state index in [4.69, 9.17) is 16.3 Å². The first-order chi connectivity index (χ1) is 11.1. The van der Waals surface area contributed by atoms with E-state index in [9.17, 15) is 4.79 Å². The number of amides is 2. The largest absolute Gasteiger partial charge is 0.491 e. The molecule has 0 spiro atoms. The minimum absolute atomic E-state index is 0.188. The molecule has 0 radical (unpaired) electrons. The van der Waals surface area contributed by atoms with Crippen molar-refractivity contribution in [1.82, 2.24) is 10.6 Å². The first-order valence-corrected chi connectivity index (χ1v) is 7.97. The van der Waals surface area contributed by atoms with Crippen LogP contribution in [0.2, 0.25) is 5.02 Å². The Hall–Kier alpha value is -2.20. The summed E-state index contributed by atoms with van der Waals surface area (Å²) in [6.45, 7) is 3.47. The van der Waals surface area contributed by atoms with Crippen LogP contribution >= 0.6 is 11.6 Å². The fourth-order valence-corrected chi connectivity index (χ4v) is 2.20. The van der Waals surface area contributed by atoms with Gasteiger partial charge in [0.1, 0.15) is 12.4 Å². The Morgan fingerprint density at radius 1 is 1.04 bits per heavy atom. The second-order valence-electron chi connectivity index (χ2n) is 5.17. The summed E-state index contributed by atoms with van der Waals surface area (Å²) >= 11 is 5.83. The molecule has 5 heteroatoms. The molecule has 0 heterocycles. The Kier molecular flexibility index (Phi) is 6.76. The van der Waals surface area contributed by atoms with Gasteiger partial charge in [-0.1, -0.05) is 41.9 Å². The van der Waals surface area contributed by atoms with Crippen molar-refractivity contribution < 1.29 is 9.53 Å². The van der Waals surface area contributed by atoms with E-state index in [1.807, 2.05) is 55.5 Å². The molecule has 0 aromatic heterocycles. The number of para-hydroxylation sites is 1. The van der Waals surface area contributed by atoms with Gasteiger partial charge in [0, 0.05) is 11.6 Å². The maximum Gasteiger partial charge on any atom is 0.314 e. The maximum atomic E-state index is 11.7. The predicted octanol–water partition coefficient (Wildman–Crippen LogP) is 3.57. The topological polar surface area (TPSA) is 50.4 Å². The fraction of sp³-hybridized carbons (Fsp3) is 0.278. The van der Waals surface area contributed by atoms with Crippen LogP contribution in [0.3, 0.4) is 0 Å². The molecule has 2 amide bonds. The fourth-order valence-electron chi connectivity index (χ4n) is 2.08. The van der Waals surface area contributed by atoms with Crippen LogP contribution in [0.25, 0.3) is 0 Å². The van der Waals surface area contributed by atoms with E-state index in [2.05, 4.69) is 10.6 Å². The highest BCUT2D eigenvalue weighted by molar-refractivity contribution is 6.30. The first kappa shape index (κ1) is 17.2. The average Bonchev–Trinajstić information content (AvgIpc) is 2.55. The molecule has 0 aliphatic heterocycles. The third kappa shape index (κ3) is 6.20. The van der Waals surface area contributed by atoms with Gasteiger partial charge in [-0.2, -0.15) is 0 Å². The number of benzene rings is 2. The lowest BCUT2D eigenvalue weighted by Crippen LogP contribution is -2.38. The van der Waals surface area contributed by atoms with E-state index >= 15 is 0 Å². The summed E-state index contributed by atoms with van der Waals surface area (Å²) < 4.78 is 5.62. The van der Waals surface area contributed by atoms with Crippen molar-refractivity contribution in [2.45, 2.75) is 13.3 Å². The zero-order chi connectivity index (χ0) is 16.5. The minimum atomic E-state index is -0.188. The highest BCUT2D eigenvalue weighted by Crippen LogP contribution is 2.15. The zero-order valence-corrected chi connectivity index (χ0v) is 13.9. The van der Waals surface area contributed by atoms with Crippen molar-refractivity contribution in [2.24, 2.45) is 0 Å². The van der Waals surface area contributed by atoms with E-state index in [0.717, 1.165) is 23.3 Å². The highest BCUT2D eigenvalue weighted by Gasteiger charge is 2.01. The van der Waals surface area contributed by atoms with Crippen LogP contribution in [-0.4, -0.2) is 25.7 Å². The number of rotatable bonds is 7. The predicted molar refractivity (Wildman–Crippen MR) is 93.2 cm³/mol. The summed E-state index contributed by atoms with van der Waals surface area (Å²) in [5, 5.41) is 6.30. The Labute approximate surface area is 141 Å². The lowest BCUT2D eigenvalue weighted by Gasteiger charge is -2.10. The summed E-state index contributed by atoms with van der Waals surface area (Å²) in [6, 6.07) is 15.2. The van der Waals surface area contributed by atoms with Crippen molar-refractivity contribution in [1.29, 1.82) is 0 Å². The molecule has 0 atom stereocenters. The van der Waals surface area contributed by atoms with Crippen LogP contribution in [0, 0.1) is 6.92 Å². The average molecular weight is 333 g/mol. The molecule has 0 aliphatic carbocycles. The summed E-state index contributed by atoms with van der Waals surface area (Å²) in [5.74, 6) is 0.845. The Balaban J connectivity index is 1.58. The first-order valence-electron chi connectivity index (χ1n) is 7.60. The van der Waals surface area contributed by atoms with Crippen LogP contribution in [-0.2, 0) is 6.42 Å². The third-order valence-corrected chi connectivity index (χ3v) is 3.60. The SMILES string of the molecule is Cc1ccccc1OCCNC(=O)NCCc1ccc(Cl)cc1. The van der Waals surface area contributed by atoms with Gasteiger partial charge >= 0.3 is 6.03 Å². The Morgan fingerprint density at radius 2 is 1.74 bits per heavy atom. The molecule has 122 valence electrons. The number of carbonyl (C=O) groups is 1. The smallest absolute Gasteiger partial charge is 0.314 e. The molecule has 23 heavy (non-hydrogen) atoms. The summed E-state index contributed by atoms with van der Waals surface area (Å²) in [5.41, 5.74) is 2.22. The number of hydrogen-bond donors (Lipinski definition) is 2. The number of carbonyl (C=O) groups excluding carboxylic acids is 1. The quantitative estimate of drug-likeness (QED) is 0.761. The lowest BCUT2D eigenvalue weighted by molar-refractivity contribution is 0.236. The molecule has 0 fully saturated rings. The number of ether oxygens (including phenoxy) is 1. The highest BCUT2D eigenvalue weighted by atomic mass is 35.5. The van der Waals surface area contributed by atoms with Crippen molar-refractivity contribution in [2.75, 3.05) is 19.7 Å². The molecule has 0 saturated heterocycles. The van der Waals surface area contributed by atoms with Crippen molar-refractivity contribution in [3.63, 3.8) is 0 Å². The van der Waals surface area contributed by atoms with Crippen molar-refractivity contribution in [3.05, 3.63) is 64.7 Å². The van der Waals surface area contributed by atoms with E-state index < -0.39 is 0 Å². The summed E-state index contributed by atoms with van der Waals surface area (Å²) in [6.07, 6.45) is 0.768. The summed E-state index contributed by atoms with van der Waals surface area (Å²) in [7, 11) is 0. The molecule has 2 rings (SSSR count). The van der Waals surface area contributed by atoms with Crippen LogP contribution in [0.4, 0.5) is 4.79 Å². The van der Waals surface area contributed by atoms with E-state index in [1.54, 1.807) is 0 Å². The van der Waals surface area contributed by atoms with Gasteiger partial charge in [0.2, 0.25) is 0 Å². The third-order valence-electron chi connectivity index (χ3n) is 3.35. The normalized spacial score (nSPS) is 10.2. The number of urea groups is 1. The zero-order valence-electron chi connectivity index (χ0n) is 13.1. The molecule has 4 nitrogen and oxygen atoms in total. The molecule has 2 N–H and O–H groups in total. The van der Waals surface area contributed by atoms with Gasteiger partial charge < -0.3 is 15.4 Å². The van der Waals surface area contributed by atoms with Crippen LogP contribution in [0.1, 0.15) is 11.1 Å². The molecule has 2 aromatic rings. The number of hydrogen-bond acceptors (Lipinski definition) is 2. The molecule has 2 aromatic carbocycles. The van der Waals surface area contributed by atoms with Gasteiger partial charge in [0.15, 0.2) is 0 Å². The Bertz CT molecular complexity index is 629. The van der Waals surface area contributed by atoms with Gasteiger partial charge in [0.05, 0.1) is 6.54 Å². The number of aryl methyl sites for hydroxylation is 1. The molecular weight excluding hydrogens is 312 g/mol. The van der Waals surface area contributed by atoms with E-state index in [0.29, 0.717) is 24.7 Å². The molecule has 0 bridgehead atoms. The summed E-state index contributed by atoms with van der Waals surface area (Å²) in [4.78, 5) is 11.7. The van der Waals surface area contributed by atoms with Crippen molar-refractivity contribution in [3.8, 4) is 5.75 Å².